The first-order valence-electron chi connectivity index (χ1n) is 15.6. The normalized spacial score (nSPS) is 12.2. The minimum atomic E-state index is 0.0796. The van der Waals surface area contributed by atoms with Gasteiger partial charge in [0, 0.05) is 33.7 Å². The molecule has 0 atom stereocenters. The molecule has 0 amide bonds. The second kappa shape index (κ2) is 11.2. The van der Waals surface area contributed by atoms with Gasteiger partial charge in [-0.1, -0.05) is 118 Å². The standard InChI is InChI=1S/C42H32N2OS/c1-42(2,3)29-16-11-13-27(25-29)26-43-35-20-9-7-17-33(35)41-44-39-31(19-12-22-37(39)46-41)32-24-23-30(28-14-5-4-6-15-28)38-34-18-8-10-21-36(34)45-40(32)38/h4-26H,1-3H3. The van der Waals surface area contributed by atoms with Gasteiger partial charge < -0.3 is 4.42 Å². The highest BCUT2D eigenvalue weighted by Gasteiger charge is 2.20. The number of hydrogen-bond acceptors (Lipinski definition) is 4. The first kappa shape index (κ1) is 28.2. The van der Waals surface area contributed by atoms with Gasteiger partial charge in [-0.2, -0.15) is 0 Å². The first-order chi connectivity index (χ1) is 22.4. The molecule has 0 bridgehead atoms. The molecule has 222 valence electrons. The van der Waals surface area contributed by atoms with Crippen LogP contribution in [0.15, 0.2) is 143 Å². The zero-order chi connectivity index (χ0) is 31.3. The van der Waals surface area contributed by atoms with Crippen molar-refractivity contribution in [2.45, 2.75) is 26.2 Å². The Kier molecular flexibility index (Phi) is 6.88. The molecule has 3 nitrogen and oxygen atoms in total. The summed E-state index contributed by atoms with van der Waals surface area (Å²) in [4.78, 5) is 10.2. The lowest BCUT2D eigenvalue weighted by atomic mass is 9.86. The van der Waals surface area contributed by atoms with E-state index in [4.69, 9.17) is 14.4 Å². The number of nitrogens with zero attached hydrogens (tertiary/aromatic N) is 2. The van der Waals surface area contributed by atoms with Crippen molar-refractivity contribution >= 4 is 55.4 Å². The molecule has 0 aliphatic rings. The van der Waals surface area contributed by atoms with Crippen molar-refractivity contribution in [2.24, 2.45) is 4.99 Å². The Hall–Kier alpha value is -5.32. The summed E-state index contributed by atoms with van der Waals surface area (Å²) < 4.78 is 7.74. The maximum Gasteiger partial charge on any atom is 0.143 e. The van der Waals surface area contributed by atoms with E-state index in [2.05, 4.69) is 136 Å². The fourth-order valence-electron chi connectivity index (χ4n) is 6.18. The quantitative estimate of drug-likeness (QED) is 0.181. The van der Waals surface area contributed by atoms with E-state index in [-0.39, 0.29) is 5.41 Å². The summed E-state index contributed by atoms with van der Waals surface area (Å²) in [5.41, 5.74) is 11.5. The summed E-state index contributed by atoms with van der Waals surface area (Å²) in [6, 6.07) is 46.5. The number of fused-ring (bicyclic) bond motifs is 4. The van der Waals surface area contributed by atoms with Crippen LogP contribution in [0, 0.1) is 0 Å². The van der Waals surface area contributed by atoms with E-state index in [1.807, 2.05) is 24.4 Å². The molecule has 8 rings (SSSR count). The number of rotatable bonds is 5. The van der Waals surface area contributed by atoms with Gasteiger partial charge in [-0.25, -0.2) is 4.98 Å². The van der Waals surface area contributed by atoms with Crippen LogP contribution in [0.1, 0.15) is 31.9 Å². The van der Waals surface area contributed by atoms with Crippen molar-refractivity contribution in [1.82, 2.24) is 4.98 Å². The predicted molar refractivity (Wildman–Crippen MR) is 196 cm³/mol. The average molecular weight is 613 g/mol. The number of aromatic nitrogens is 1. The topological polar surface area (TPSA) is 38.4 Å². The highest BCUT2D eigenvalue weighted by molar-refractivity contribution is 7.21. The summed E-state index contributed by atoms with van der Waals surface area (Å²) in [6.45, 7) is 6.70. The Labute approximate surface area is 272 Å². The fraction of sp³-hybridized carbons (Fsp3) is 0.0952. The molecule has 0 unspecified atom stereocenters. The molecule has 0 saturated heterocycles. The number of aliphatic imine (C=N–C) groups is 1. The van der Waals surface area contributed by atoms with Crippen molar-refractivity contribution in [3.63, 3.8) is 0 Å². The van der Waals surface area contributed by atoms with Crippen molar-refractivity contribution in [2.75, 3.05) is 0 Å². The minimum absolute atomic E-state index is 0.0796. The lowest BCUT2D eigenvalue weighted by Gasteiger charge is -2.19. The molecule has 46 heavy (non-hydrogen) atoms. The lowest BCUT2D eigenvalue weighted by molar-refractivity contribution is 0.590. The van der Waals surface area contributed by atoms with Gasteiger partial charge in [-0.05, 0) is 64.1 Å². The van der Waals surface area contributed by atoms with Gasteiger partial charge in [-0.15, -0.1) is 11.3 Å². The molecule has 0 aliphatic carbocycles. The smallest absolute Gasteiger partial charge is 0.143 e. The molecule has 8 aromatic rings. The molecule has 6 aromatic carbocycles. The number of benzene rings is 6. The van der Waals surface area contributed by atoms with Crippen molar-refractivity contribution in [3.8, 4) is 32.8 Å². The number of thiazole rings is 1. The maximum atomic E-state index is 6.62. The lowest BCUT2D eigenvalue weighted by Crippen LogP contribution is -2.11. The summed E-state index contributed by atoms with van der Waals surface area (Å²) in [5.74, 6) is 0. The Bertz CT molecular complexity index is 2410. The van der Waals surface area contributed by atoms with Gasteiger partial charge in [0.25, 0.3) is 0 Å². The summed E-state index contributed by atoms with van der Waals surface area (Å²) >= 11 is 1.70. The summed E-state index contributed by atoms with van der Waals surface area (Å²) in [6.07, 6.45) is 1.96. The molecule has 2 heterocycles. The van der Waals surface area contributed by atoms with E-state index in [0.29, 0.717) is 0 Å². The highest BCUT2D eigenvalue weighted by Crippen LogP contribution is 2.45. The van der Waals surface area contributed by atoms with E-state index < -0.39 is 0 Å². The van der Waals surface area contributed by atoms with Gasteiger partial charge in [0.2, 0.25) is 0 Å². The van der Waals surface area contributed by atoms with Crippen LogP contribution >= 0.6 is 11.3 Å². The van der Waals surface area contributed by atoms with E-state index in [9.17, 15) is 0 Å². The van der Waals surface area contributed by atoms with E-state index in [1.165, 1.54) is 11.1 Å². The van der Waals surface area contributed by atoms with Gasteiger partial charge in [-0.3, -0.25) is 4.99 Å². The van der Waals surface area contributed by atoms with Crippen molar-refractivity contribution in [1.29, 1.82) is 0 Å². The third-order valence-electron chi connectivity index (χ3n) is 8.56. The third kappa shape index (κ3) is 5.01. The molecule has 0 N–H and O–H groups in total. The van der Waals surface area contributed by atoms with Crippen LogP contribution in [-0.4, -0.2) is 11.2 Å². The zero-order valence-corrected chi connectivity index (χ0v) is 26.8. The van der Waals surface area contributed by atoms with E-state index in [1.54, 1.807) is 11.3 Å². The van der Waals surface area contributed by atoms with Crippen LogP contribution in [0.5, 0.6) is 0 Å². The number of furan rings is 1. The fourth-order valence-corrected chi connectivity index (χ4v) is 7.20. The molecular formula is C42H32N2OS. The Morgan fingerprint density at radius 2 is 1.41 bits per heavy atom. The maximum absolute atomic E-state index is 6.62. The molecule has 4 heteroatoms. The highest BCUT2D eigenvalue weighted by atomic mass is 32.1. The molecule has 0 aliphatic heterocycles. The second-order valence-electron chi connectivity index (χ2n) is 12.7. The van der Waals surface area contributed by atoms with Gasteiger partial charge in [0.1, 0.15) is 16.2 Å². The van der Waals surface area contributed by atoms with Crippen LogP contribution in [0.3, 0.4) is 0 Å². The largest absolute Gasteiger partial charge is 0.455 e. The van der Waals surface area contributed by atoms with Crippen LogP contribution in [-0.2, 0) is 5.41 Å². The number of hydrogen-bond donors (Lipinski definition) is 0. The molecule has 0 radical (unpaired) electrons. The molecule has 0 fully saturated rings. The summed E-state index contributed by atoms with van der Waals surface area (Å²) in [7, 11) is 0. The monoisotopic (exact) mass is 612 g/mol. The molecular weight excluding hydrogens is 581 g/mol. The first-order valence-corrected chi connectivity index (χ1v) is 16.4. The third-order valence-corrected chi connectivity index (χ3v) is 9.61. The van der Waals surface area contributed by atoms with Crippen LogP contribution in [0.2, 0.25) is 0 Å². The van der Waals surface area contributed by atoms with Crippen LogP contribution < -0.4 is 0 Å². The average Bonchev–Trinajstić information content (AvgIpc) is 3.70. The SMILES string of the molecule is CC(C)(C)c1cccc(C=Nc2ccccc2-c2nc3c(-c4ccc(-c5ccccc5)c5c4oc4ccccc45)cccc3s2)c1. The van der Waals surface area contributed by atoms with E-state index >= 15 is 0 Å². The molecule has 2 aromatic heterocycles. The molecule has 0 spiro atoms. The Balaban J connectivity index is 1.25. The van der Waals surface area contributed by atoms with Gasteiger partial charge in [0.05, 0.1) is 15.9 Å². The van der Waals surface area contributed by atoms with Crippen molar-refractivity contribution < 1.29 is 4.42 Å². The Morgan fingerprint density at radius 3 is 2.28 bits per heavy atom. The zero-order valence-electron chi connectivity index (χ0n) is 26.0. The second-order valence-corrected chi connectivity index (χ2v) is 13.7. The molecule has 0 saturated carbocycles. The predicted octanol–water partition coefficient (Wildman–Crippen LogP) is 12.2. The Morgan fingerprint density at radius 1 is 0.674 bits per heavy atom. The number of para-hydroxylation sites is 3. The van der Waals surface area contributed by atoms with Gasteiger partial charge >= 0.3 is 0 Å². The van der Waals surface area contributed by atoms with Gasteiger partial charge in [0.15, 0.2) is 0 Å². The van der Waals surface area contributed by atoms with Crippen molar-refractivity contribution in [3.05, 3.63) is 145 Å². The summed E-state index contributed by atoms with van der Waals surface area (Å²) in [5, 5.41) is 3.19. The minimum Gasteiger partial charge on any atom is -0.455 e. The van der Waals surface area contributed by atoms with E-state index in [0.717, 1.165) is 70.7 Å². The van der Waals surface area contributed by atoms with Crippen LogP contribution in [0.4, 0.5) is 5.69 Å². The van der Waals surface area contributed by atoms with Crippen LogP contribution in [0.25, 0.3) is 65.0 Å².